The molecule has 0 amide bonds. The van der Waals surface area contributed by atoms with Gasteiger partial charge in [-0.3, -0.25) is 0 Å². The zero-order valence-electron chi connectivity index (χ0n) is 17.2. The Morgan fingerprint density at radius 2 is 1.30 bits per heavy atom. The van der Waals surface area contributed by atoms with Crippen LogP contribution in [0.3, 0.4) is 0 Å². The maximum Gasteiger partial charge on any atom is -0.0178 e. The van der Waals surface area contributed by atoms with Crippen molar-refractivity contribution in [2.24, 2.45) is 0 Å². The summed E-state index contributed by atoms with van der Waals surface area (Å²) in [5, 5.41) is 0. The Kier molecular flexibility index (Phi) is 11.0. The highest BCUT2D eigenvalue weighted by atomic mass is 14.0. The van der Waals surface area contributed by atoms with E-state index in [4.69, 9.17) is 0 Å². The zero-order chi connectivity index (χ0) is 19.9. The van der Waals surface area contributed by atoms with Crippen LogP contribution in [0, 0.1) is 6.92 Å². The molecule has 0 atom stereocenters. The van der Waals surface area contributed by atoms with Gasteiger partial charge in [0.25, 0.3) is 0 Å². The van der Waals surface area contributed by atoms with Gasteiger partial charge in [0.15, 0.2) is 0 Å². The fourth-order valence-corrected chi connectivity index (χ4v) is 2.45. The van der Waals surface area contributed by atoms with E-state index in [0.717, 1.165) is 0 Å². The highest BCUT2D eigenvalue weighted by Crippen LogP contribution is 2.23. The lowest BCUT2D eigenvalue weighted by Gasteiger charge is -2.06. The second-order valence-electron chi connectivity index (χ2n) is 6.26. The summed E-state index contributed by atoms with van der Waals surface area (Å²) in [6.45, 7) is 12.2. The van der Waals surface area contributed by atoms with E-state index in [9.17, 15) is 0 Å². The van der Waals surface area contributed by atoms with E-state index in [2.05, 4.69) is 94.1 Å². The van der Waals surface area contributed by atoms with Crippen LogP contribution in [0.1, 0.15) is 38.3 Å². The SMILES string of the molecule is C=C/C(=C\C)c1cccc(-c2ccccc2)c1.CCC.Cc1ccccc1. The average molecular weight is 357 g/mol. The first-order valence-electron chi connectivity index (χ1n) is 9.62. The molecule has 3 aromatic rings. The first-order valence-corrected chi connectivity index (χ1v) is 9.62. The van der Waals surface area contributed by atoms with Crippen LogP contribution < -0.4 is 0 Å². The Labute approximate surface area is 165 Å². The summed E-state index contributed by atoms with van der Waals surface area (Å²) >= 11 is 0. The zero-order valence-corrected chi connectivity index (χ0v) is 17.2. The molecule has 0 aliphatic heterocycles. The van der Waals surface area contributed by atoms with Gasteiger partial charge in [0.05, 0.1) is 0 Å². The van der Waals surface area contributed by atoms with Crippen molar-refractivity contribution in [3.8, 4) is 11.1 Å². The lowest BCUT2D eigenvalue weighted by atomic mass is 9.99. The van der Waals surface area contributed by atoms with E-state index in [0.29, 0.717) is 0 Å². The van der Waals surface area contributed by atoms with Crippen molar-refractivity contribution in [1.82, 2.24) is 0 Å². The number of allylic oxidation sites excluding steroid dienone is 3. The van der Waals surface area contributed by atoms with E-state index in [1.54, 1.807) is 0 Å². The van der Waals surface area contributed by atoms with Gasteiger partial charge in [-0.15, -0.1) is 0 Å². The molecule has 0 unspecified atom stereocenters. The Morgan fingerprint density at radius 3 is 1.74 bits per heavy atom. The van der Waals surface area contributed by atoms with Gasteiger partial charge in [-0.25, -0.2) is 0 Å². The van der Waals surface area contributed by atoms with E-state index in [1.165, 1.54) is 34.2 Å². The van der Waals surface area contributed by atoms with Crippen LogP contribution in [0.15, 0.2) is 104 Å². The second-order valence-corrected chi connectivity index (χ2v) is 6.26. The fourth-order valence-electron chi connectivity index (χ4n) is 2.45. The third kappa shape index (κ3) is 8.37. The fraction of sp³-hybridized carbons (Fsp3) is 0.185. The Morgan fingerprint density at radius 1 is 0.778 bits per heavy atom. The maximum atomic E-state index is 3.84. The van der Waals surface area contributed by atoms with Crippen LogP contribution in [0.5, 0.6) is 0 Å². The van der Waals surface area contributed by atoms with Gasteiger partial charge in [-0.1, -0.05) is 123 Å². The van der Waals surface area contributed by atoms with Gasteiger partial charge in [-0.2, -0.15) is 0 Å². The number of hydrogen-bond donors (Lipinski definition) is 0. The quantitative estimate of drug-likeness (QED) is 0.413. The summed E-state index contributed by atoms with van der Waals surface area (Å²) in [4.78, 5) is 0. The van der Waals surface area contributed by atoms with Gasteiger partial charge in [0, 0.05) is 0 Å². The van der Waals surface area contributed by atoms with Crippen molar-refractivity contribution in [1.29, 1.82) is 0 Å². The standard InChI is InChI=1S/C17H16.C7H8.C3H8/c1-3-14(4-2)16-11-8-12-17(13-16)15-9-6-5-7-10-15;1-7-5-3-2-4-6-7;1-3-2/h3-13H,1H2,2H3;2-6H,1H3;3H2,1-2H3/b14-4+;;. The lowest BCUT2D eigenvalue weighted by molar-refractivity contribution is 1.09. The maximum absolute atomic E-state index is 3.84. The topological polar surface area (TPSA) is 0 Å². The van der Waals surface area contributed by atoms with Crippen molar-refractivity contribution in [2.75, 3.05) is 0 Å². The Balaban J connectivity index is 0.000000301. The largest absolute Gasteiger partial charge is 0.0985 e. The summed E-state index contributed by atoms with van der Waals surface area (Å²) in [5.74, 6) is 0. The van der Waals surface area contributed by atoms with Crippen molar-refractivity contribution in [2.45, 2.75) is 34.1 Å². The molecule has 0 fully saturated rings. The van der Waals surface area contributed by atoms with Gasteiger partial charge < -0.3 is 0 Å². The normalized spacial score (nSPS) is 10.0. The molecule has 0 nitrogen and oxygen atoms in total. The van der Waals surface area contributed by atoms with Crippen molar-refractivity contribution in [3.05, 3.63) is 115 Å². The Hall–Kier alpha value is -2.86. The van der Waals surface area contributed by atoms with Crippen molar-refractivity contribution in [3.63, 3.8) is 0 Å². The molecule has 3 rings (SSSR count). The molecule has 3 aromatic carbocycles. The van der Waals surface area contributed by atoms with Crippen molar-refractivity contribution >= 4 is 5.57 Å². The van der Waals surface area contributed by atoms with Crippen LogP contribution in [-0.2, 0) is 0 Å². The molecule has 0 radical (unpaired) electrons. The minimum atomic E-state index is 1.17. The van der Waals surface area contributed by atoms with Crippen LogP contribution in [-0.4, -0.2) is 0 Å². The molecule has 0 aliphatic carbocycles. The summed E-state index contributed by atoms with van der Waals surface area (Å²) in [5.41, 5.74) is 6.19. The molecular weight excluding hydrogens is 324 g/mol. The third-order valence-electron chi connectivity index (χ3n) is 3.77. The minimum Gasteiger partial charge on any atom is -0.0985 e. The number of aryl methyl sites for hydroxylation is 1. The monoisotopic (exact) mass is 356 g/mol. The van der Waals surface area contributed by atoms with Crippen LogP contribution in [0.4, 0.5) is 0 Å². The summed E-state index contributed by atoms with van der Waals surface area (Å²) in [6.07, 6.45) is 5.22. The molecule has 0 aliphatic rings. The summed E-state index contributed by atoms with van der Waals surface area (Å²) in [6, 6.07) is 29.2. The first kappa shape index (κ1) is 22.2. The molecule has 0 heteroatoms. The summed E-state index contributed by atoms with van der Waals surface area (Å²) < 4.78 is 0. The van der Waals surface area contributed by atoms with E-state index >= 15 is 0 Å². The van der Waals surface area contributed by atoms with E-state index in [-0.39, 0.29) is 0 Å². The van der Waals surface area contributed by atoms with Crippen LogP contribution >= 0.6 is 0 Å². The molecule has 0 aromatic heterocycles. The van der Waals surface area contributed by atoms with E-state index < -0.39 is 0 Å². The number of hydrogen-bond acceptors (Lipinski definition) is 0. The number of benzene rings is 3. The van der Waals surface area contributed by atoms with Gasteiger partial charge >= 0.3 is 0 Å². The molecular formula is C27H32. The number of rotatable bonds is 3. The van der Waals surface area contributed by atoms with Gasteiger partial charge in [0.1, 0.15) is 0 Å². The van der Waals surface area contributed by atoms with Crippen molar-refractivity contribution < 1.29 is 0 Å². The summed E-state index contributed by atoms with van der Waals surface area (Å²) in [7, 11) is 0. The Bertz CT molecular complexity index is 796. The smallest absolute Gasteiger partial charge is 0.0178 e. The van der Waals surface area contributed by atoms with E-state index in [1.807, 2.05) is 37.3 Å². The molecule has 0 N–H and O–H groups in total. The molecule has 0 spiro atoms. The average Bonchev–Trinajstić information content (AvgIpc) is 2.72. The molecule has 0 bridgehead atoms. The highest BCUT2D eigenvalue weighted by molar-refractivity contribution is 5.77. The van der Waals surface area contributed by atoms with Gasteiger partial charge in [-0.05, 0) is 42.2 Å². The van der Waals surface area contributed by atoms with Crippen LogP contribution in [0.2, 0.25) is 0 Å². The second kappa shape index (κ2) is 13.4. The lowest BCUT2D eigenvalue weighted by Crippen LogP contribution is -1.83. The molecule has 0 heterocycles. The predicted molar refractivity (Wildman–Crippen MR) is 123 cm³/mol. The first-order chi connectivity index (χ1) is 13.2. The predicted octanol–water partition coefficient (Wildman–Crippen LogP) is 8.35. The third-order valence-corrected chi connectivity index (χ3v) is 3.77. The highest BCUT2D eigenvalue weighted by Gasteiger charge is 2.00. The minimum absolute atomic E-state index is 1.17. The molecule has 0 saturated carbocycles. The molecule has 0 saturated heterocycles. The van der Waals surface area contributed by atoms with Crippen LogP contribution in [0.25, 0.3) is 16.7 Å². The molecule has 140 valence electrons. The van der Waals surface area contributed by atoms with Gasteiger partial charge in [0.2, 0.25) is 0 Å². The molecule has 27 heavy (non-hydrogen) atoms.